The maximum atomic E-state index is 14.6. The summed E-state index contributed by atoms with van der Waals surface area (Å²) in [7, 11) is -2.44. The van der Waals surface area contributed by atoms with Crippen LogP contribution in [0.5, 0.6) is 5.75 Å². The number of nitrogens with zero attached hydrogens (tertiary/aromatic N) is 5. The second-order valence-electron chi connectivity index (χ2n) is 15.3. The van der Waals surface area contributed by atoms with E-state index >= 15 is 0 Å². The lowest BCUT2D eigenvalue weighted by atomic mass is 9.83. The van der Waals surface area contributed by atoms with Gasteiger partial charge in [-0.25, -0.2) is 22.9 Å². The molecule has 0 fully saturated rings. The summed E-state index contributed by atoms with van der Waals surface area (Å²) in [5.74, 6) is -3.95. The van der Waals surface area contributed by atoms with Crippen LogP contribution in [0.3, 0.4) is 0 Å². The molecule has 0 saturated carbocycles. The van der Waals surface area contributed by atoms with Crippen molar-refractivity contribution in [2.45, 2.75) is 48.9 Å². The lowest BCUT2D eigenvalue weighted by Gasteiger charge is -2.33. The highest BCUT2D eigenvalue weighted by molar-refractivity contribution is 7.91. The first-order valence-corrected chi connectivity index (χ1v) is 21.9. The third-order valence-electron chi connectivity index (χ3n) is 10.8. The third-order valence-corrected chi connectivity index (χ3v) is 12.6. The van der Waals surface area contributed by atoms with E-state index in [9.17, 15) is 45.5 Å². The van der Waals surface area contributed by atoms with E-state index < -0.39 is 74.2 Å². The van der Waals surface area contributed by atoms with Crippen LogP contribution >= 0.6 is 0 Å². The molecule has 2 amide bonds. The van der Waals surface area contributed by atoms with Gasteiger partial charge in [-0.2, -0.15) is 28.6 Å². The molecule has 22 heteroatoms. The number of aryl methyl sites for hydroxylation is 1. The Morgan fingerprint density at radius 3 is 2.39 bits per heavy atom. The number of aromatic amines is 1. The molecule has 7 rings (SSSR count). The Morgan fingerprint density at radius 1 is 1.00 bits per heavy atom. The number of carbonyl (C=O) groups excluding carboxylic acids is 2. The maximum Gasteiger partial charge on any atom is 0.417 e. The number of H-pyrrole nitrogens is 1. The number of benzene rings is 4. The van der Waals surface area contributed by atoms with Crippen molar-refractivity contribution < 1.29 is 50.1 Å². The molecule has 2 aromatic heterocycles. The summed E-state index contributed by atoms with van der Waals surface area (Å²) < 4.78 is 94.1. The molecule has 0 spiro atoms. The molecule has 66 heavy (non-hydrogen) atoms. The summed E-state index contributed by atoms with van der Waals surface area (Å²) in [5, 5.41) is 39.4. The number of nitriles is 1. The van der Waals surface area contributed by atoms with Gasteiger partial charge in [0.05, 0.1) is 82.5 Å². The summed E-state index contributed by atoms with van der Waals surface area (Å²) >= 11 is 0. The van der Waals surface area contributed by atoms with Gasteiger partial charge in [-0.1, -0.05) is 12.1 Å². The average Bonchev–Trinajstić information content (AvgIpc) is 3.70. The van der Waals surface area contributed by atoms with Crippen LogP contribution in [-0.2, 0) is 37.4 Å². The Kier molecular flexibility index (Phi) is 13.8. The molecule has 4 atom stereocenters. The van der Waals surface area contributed by atoms with Gasteiger partial charge >= 0.3 is 6.18 Å². The molecule has 0 radical (unpaired) electrons. The second kappa shape index (κ2) is 19.5. The number of nitrogens with one attached hydrogen (secondary N) is 4. The number of hydrogen-bond acceptors (Lipinski definition) is 13. The third kappa shape index (κ3) is 10.5. The van der Waals surface area contributed by atoms with Gasteiger partial charge in [0.25, 0.3) is 5.56 Å². The van der Waals surface area contributed by atoms with E-state index in [0.717, 1.165) is 17.7 Å². The number of hydrogen-bond donors (Lipinski definition) is 5. The summed E-state index contributed by atoms with van der Waals surface area (Å²) in [6.45, 7) is 1.74. The minimum absolute atomic E-state index is 0.0547. The number of aliphatic hydroxyl groups is 1. The number of aliphatic hydroxyl groups excluding tert-OH is 1. The van der Waals surface area contributed by atoms with Crippen LogP contribution in [-0.4, -0.2) is 82.0 Å². The Balaban J connectivity index is 0.853. The number of ether oxygens (including phenoxy) is 2. The number of alkyl halides is 3. The summed E-state index contributed by atoms with van der Waals surface area (Å²) in [6.07, 6.45) is -4.48. The first-order chi connectivity index (χ1) is 31.4. The molecule has 0 aliphatic carbocycles. The van der Waals surface area contributed by atoms with Gasteiger partial charge < -0.3 is 30.5 Å². The normalized spacial score (nSPS) is 15.6. The van der Waals surface area contributed by atoms with Crippen LogP contribution in [0.1, 0.15) is 59.9 Å². The van der Waals surface area contributed by atoms with E-state index in [1.165, 1.54) is 55.7 Å². The Morgan fingerprint density at radius 2 is 1.73 bits per heavy atom. The Bertz CT molecular complexity index is 2970. The smallest absolute Gasteiger partial charge is 0.417 e. The number of carbonyl (C=O) groups is 2. The summed E-state index contributed by atoms with van der Waals surface area (Å²) in [4.78, 5) is 42.6. The molecule has 3 heterocycles. The fourth-order valence-electron chi connectivity index (χ4n) is 7.48. The molecule has 1 aliphatic rings. The molecule has 344 valence electrons. The number of sulfone groups is 1. The van der Waals surface area contributed by atoms with Crippen molar-refractivity contribution in [2.75, 3.05) is 41.5 Å². The van der Waals surface area contributed by atoms with Gasteiger partial charge in [0.15, 0.2) is 9.84 Å². The van der Waals surface area contributed by atoms with Crippen molar-refractivity contribution >= 4 is 49.5 Å². The number of amides is 2. The van der Waals surface area contributed by atoms with Gasteiger partial charge in [-0.15, -0.1) is 0 Å². The van der Waals surface area contributed by atoms with Crippen LogP contribution in [0.2, 0.25) is 0 Å². The molecule has 0 bridgehead atoms. The fourth-order valence-corrected chi connectivity index (χ4v) is 9.13. The van der Waals surface area contributed by atoms with Crippen molar-refractivity contribution in [1.82, 2.24) is 25.0 Å². The van der Waals surface area contributed by atoms with Crippen molar-refractivity contribution in [2.24, 2.45) is 13.0 Å². The molecular formula is C44H41F4N9O8S. The highest BCUT2D eigenvalue weighted by atomic mass is 32.2. The molecule has 0 saturated heterocycles. The van der Waals surface area contributed by atoms with E-state index in [4.69, 9.17) is 14.7 Å². The molecule has 5 N–H and O–H groups in total. The number of aromatic nitrogens is 5. The number of halogens is 4. The minimum Gasteiger partial charge on any atom is -0.494 e. The van der Waals surface area contributed by atoms with Crippen molar-refractivity contribution in [3.63, 3.8) is 0 Å². The highest BCUT2D eigenvalue weighted by Gasteiger charge is 2.38. The number of rotatable bonds is 17. The van der Waals surface area contributed by atoms with Crippen molar-refractivity contribution in [1.29, 1.82) is 5.26 Å². The van der Waals surface area contributed by atoms with Crippen LogP contribution in [0.4, 0.5) is 34.6 Å². The first kappa shape index (κ1) is 46.8. The van der Waals surface area contributed by atoms with E-state index in [1.54, 1.807) is 23.9 Å². The zero-order valence-electron chi connectivity index (χ0n) is 35.1. The molecule has 17 nitrogen and oxygen atoms in total. The largest absolute Gasteiger partial charge is 0.494 e. The van der Waals surface area contributed by atoms with Crippen LogP contribution < -0.4 is 26.2 Å². The van der Waals surface area contributed by atoms with Crippen molar-refractivity contribution in [3.05, 3.63) is 130 Å². The molecule has 4 aromatic carbocycles. The Labute approximate surface area is 373 Å². The summed E-state index contributed by atoms with van der Waals surface area (Å²) in [5.41, 5.74) is -0.594. The minimum atomic E-state index is -4.88. The number of anilines is 3. The van der Waals surface area contributed by atoms with Gasteiger partial charge in [0.1, 0.15) is 23.7 Å². The zero-order valence-corrected chi connectivity index (χ0v) is 35.9. The van der Waals surface area contributed by atoms with E-state index in [2.05, 4.69) is 36.2 Å². The van der Waals surface area contributed by atoms with Gasteiger partial charge in [-0.05, 0) is 79.2 Å². The topological polar surface area (TPSA) is 243 Å². The lowest BCUT2D eigenvalue weighted by Crippen LogP contribution is -2.36. The van der Waals surface area contributed by atoms with E-state index in [1.807, 2.05) is 12.1 Å². The predicted molar refractivity (Wildman–Crippen MR) is 231 cm³/mol. The van der Waals surface area contributed by atoms with Crippen LogP contribution in [0.15, 0.2) is 94.9 Å². The maximum absolute atomic E-state index is 14.6. The highest BCUT2D eigenvalue weighted by Crippen LogP contribution is 2.46. The summed E-state index contributed by atoms with van der Waals surface area (Å²) in [6, 6.07) is 18.3. The lowest BCUT2D eigenvalue weighted by molar-refractivity contribution is -0.137. The standard InChI is InChI=1S/C44H41F4N9O8S/c1-24(58)33(42(60)53-29-9-6-26(21-49)34(20-29)44(46,47)48)22-66(62,63)31-12-10-30(11-13-31)65-16-3-15-64-17-14-36(59)52-28-7-4-25(5-8-28)39-38(41-50-23-51-57(41)2)40-37-32(43(61)56-55-40)18-27(45)19-35(37)54-39/h4-13,18-20,23-24,33,38-39,54,58H,3,14-17,22H2,1-2H3,(H,52,59)(H,53,60)(H,56,61)/t24-,33?,38-,39-/m1/s1. The van der Waals surface area contributed by atoms with Gasteiger partial charge in [0, 0.05) is 42.5 Å². The van der Waals surface area contributed by atoms with Gasteiger partial charge in [-0.3, -0.25) is 19.1 Å². The molecule has 6 aromatic rings. The molecule has 1 unspecified atom stereocenters. The molecular weight excluding hydrogens is 891 g/mol. The predicted octanol–water partition coefficient (Wildman–Crippen LogP) is 5.60. The van der Waals surface area contributed by atoms with Crippen LogP contribution in [0.25, 0.3) is 10.8 Å². The SMILES string of the molecule is C[C@@H](O)C(CS(=O)(=O)c1ccc(OCCCOCCC(=O)Nc2ccc([C@H]3Nc4cc(F)cc5c(=O)[nH]nc(c45)[C@@H]3c3ncnn3C)cc2)cc1)C(=O)Nc1ccc(C#N)c(C(F)(F)F)c1. The van der Waals surface area contributed by atoms with E-state index in [-0.39, 0.29) is 48.1 Å². The second-order valence-corrected chi connectivity index (χ2v) is 17.4. The Hall–Kier alpha value is -7.22. The van der Waals surface area contributed by atoms with E-state index in [0.29, 0.717) is 46.5 Å². The average molecular weight is 932 g/mol. The first-order valence-electron chi connectivity index (χ1n) is 20.3. The molecule has 1 aliphatic heterocycles. The van der Waals surface area contributed by atoms with Crippen LogP contribution in [0, 0.1) is 23.1 Å². The fraction of sp³-hybridized carbons (Fsp3) is 0.295. The quantitative estimate of drug-likeness (QED) is 0.0553. The van der Waals surface area contributed by atoms with Crippen molar-refractivity contribution in [3.8, 4) is 11.8 Å². The van der Waals surface area contributed by atoms with Gasteiger partial charge in [0.2, 0.25) is 11.8 Å². The zero-order chi connectivity index (χ0) is 47.3. The monoisotopic (exact) mass is 931 g/mol.